The van der Waals surface area contributed by atoms with E-state index in [9.17, 15) is 5.26 Å². The average Bonchev–Trinajstić information content (AvgIpc) is 2.96. The van der Waals surface area contributed by atoms with Crippen LogP contribution in [0.15, 0.2) is 60.8 Å². The summed E-state index contributed by atoms with van der Waals surface area (Å²) in [5.41, 5.74) is 3.26. The summed E-state index contributed by atoms with van der Waals surface area (Å²) in [6.07, 6.45) is 2.49. The Kier molecular flexibility index (Phi) is 10.4. The van der Waals surface area contributed by atoms with Crippen molar-refractivity contribution in [2.75, 3.05) is 38.0 Å². The molecule has 4 rings (SSSR count). The number of rotatable bonds is 13. The molecule has 0 saturated heterocycles. The molecule has 0 atom stereocenters. The Hall–Kier alpha value is -3.30. The van der Waals surface area contributed by atoms with Crippen LogP contribution in [0.5, 0.6) is 17.2 Å². The summed E-state index contributed by atoms with van der Waals surface area (Å²) in [6.45, 7) is 1.58. The first kappa shape index (κ1) is 28.7. The van der Waals surface area contributed by atoms with Gasteiger partial charge in [0.05, 0.1) is 12.1 Å². The Morgan fingerprint density at radius 3 is 2.49 bits per heavy atom. The molecule has 0 unspecified atom stereocenters. The average molecular weight is 626 g/mol. The number of benzene rings is 3. The number of halogens is 2. The molecule has 0 spiro atoms. The van der Waals surface area contributed by atoms with Gasteiger partial charge in [0.1, 0.15) is 5.75 Å². The van der Waals surface area contributed by atoms with Crippen LogP contribution in [0.2, 0.25) is 20.5 Å². The van der Waals surface area contributed by atoms with Gasteiger partial charge >= 0.3 is 194 Å². The molecule has 0 fully saturated rings. The molecule has 201 valence electrons. The molecule has 1 heterocycles. The van der Waals surface area contributed by atoms with Crippen molar-refractivity contribution in [2.45, 2.75) is 16.8 Å². The number of anilines is 3. The second-order valence-electron chi connectivity index (χ2n) is 8.44. The summed E-state index contributed by atoms with van der Waals surface area (Å²) in [7, 11) is 3.12. The predicted octanol–water partition coefficient (Wildman–Crippen LogP) is 7.60. The Balaban J connectivity index is 1.42. The molecule has 7 nitrogen and oxygen atoms in total. The van der Waals surface area contributed by atoms with E-state index in [-0.39, 0.29) is 15.8 Å². The molecule has 10 heteroatoms. The van der Waals surface area contributed by atoms with E-state index in [4.69, 9.17) is 37.4 Å². The summed E-state index contributed by atoms with van der Waals surface area (Å²) in [6, 6.07) is 19.4. The fourth-order valence-corrected chi connectivity index (χ4v) is 6.20. The van der Waals surface area contributed by atoms with Gasteiger partial charge in [0.15, 0.2) is 0 Å². The van der Waals surface area contributed by atoms with Crippen LogP contribution < -0.4 is 24.8 Å². The molecule has 2 N–H and O–H groups in total. The minimum Gasteiger partial charge on any atom is -0.0820 e. The minimum atomic E-state index is 0.255. The number of nitrogens with zero attached hydrogens (tertiary/aromatic N) is 2. The van der Waals surface area contributed by atoms with E-state index in [1.54, 1.807) is 19.2 Å². The van der Waals surface area contributed by atoms with Crippen molar-refractivity contribution in [3.05, 3.63) is 76.4 Å². The maximum absolute atomic E-state index is 9.76. The summed E-state index contributed by atoms with van der Waals surface area (Å²) in [4.78, 5) is 4.48. The van der Waals surface area contributed by atoms with Gasteiger partial charge in [-0.05, 0) is 6.07 Å². The van der Waals surface area contributed by atoms with E-state index in [0.717, 1.165) is 23.9 Å². The van der Waals surface area contributed by atoms with E-state index in [0.29, 0.717) is 61.7 Å². The van der Waals surface area contributed by atoms with E-state index >= 15 is 0 Å². The van der Waals surface area contributed by atoms with Gasteiger partial charge in [-0.1, -0.05) is 23.2 Å². The first-order valence-corrected chi connectivity index (χ1v) is 15.7. The number of aromatic nitrogens is 1. The van der Waals surface area contributed by atoms with Crippen molar-refractivity contribution in [3.63, 3.8) is 0 Å². The van der Waals surface area contributed by atoms with Gasteiger partial charge < -0.3 is 4.74 Å². The molecule has 1 aromatic heterocycles. The van der Waals surface area contributed by atoms with E-state index < -0.39 is 0 Å². The molecule has 4 aromatic rings. The number of fused-ring (bicyclic) bond motifs is 1. The molecule has 0 aliphatic rings. The van der Waals surface area contributed by atoms with Crippen LogP contribution in [0, 0.1) is 11.3 Å². The topological polar surface area (TPSA) is 88.4 Å². The molecule has 1 radical (unpaired) electrons. The zero-order valence-corrected chi connectivity index (χ0v) is 25.0. The van der Waals surface area contributed by atoms with Gasteiger partial charge in [0.25, 0.3) is 0 Å². The van der Waals surface area contributed by atoms with Crippen LogP contribution >= 0.6 is 23.2 Å². The molecule has 0 aliphatic carbocycles. The number of hydrogen-bond donors (Lipinski definition) is 2. The monoisotopic (exact) mass is 625 g/mol. The smallest absolute Gasteiger partial charge is 0.0820 e. The number of pyridine rings is 1. The number of nitriles is 1. The zero-order chi connectivity index (χ0) is 27.6. The van der Waals surface area contributed by atoms with Gasteiger partial charge in [-0.3, -0.25) is 0 Å². The van der Waals surface area contributed by atoms with Gasteiger partial charge in [-0.2, -0.15) is 0 Å². The van der Waals surface area contributed by atoms with Crippen molar-refractivity contribution in [1.29, 1.82) is 5.26 Å². The summed E-state index contributed by atoms with van der Waals surface area (Å²) < 4.78 is 17.0. The maximum atomic E-state index is 9.76. The third-order valence-corrected chi connectivity index (χ3v) is 8.93. The van der Waals surface area contributed by atoms with Crippen LogP contribution in [-0.2, 0) is 0 Å². The standard InChI is InChI=1S/C29H28AsCl2N4O3/c1-37-26-16-25(22(31)14-23(26)32)36-29-19(17-33)18-35-24-15-28(27(38-2)13-21(24)29)39-12-6-9-30-10-11-34-20-7-4-3-5-8-20/h3-5,7-8,13-16,18,34H,6,9-12H2,1-2H3,(H,35,36). The SMILES string of the molecule is COc1cc(Nc2c(C#N)cnc3cc(OCCC[As]CCNc4ccccc4)c(OC)cc23)c(Cl)cc1Cl. The first-order valence-electron chi connectivity index (χ1n) is 12.3. The fourth-order valence-electron chi connectivity index (χ4n) is 3.91. The number of hydrogen-bond acceptors (Lipinski definition) is 7. The van der Waals surface area contributed by atoms with Crippen molar-refractivity contribution in [3.8, 4) is 23.3 Å². The summed E-state index contributed by atoms with van der Waals surface area (Å²) in [5, 5.41) is 20.3. The molecular weight excluding hydrogens is 598 g/mol. The second kappa shape index (κ2) is 14.2. The van der Waals surface area contributed by atoms with Gasteiger partial charge in [0.2, 0.25) is 0 Å². The summed E-state index contributed by atoms with van der Waals surface area (Å²) in [5.74, 6) is 1.63. The van der Waals surface area contributed by atoms with Crippen molar-refractivity contribution >= 4 is 66.9 Å². The van der Waals surface area contributed by atoms with Gasteiger partial charge in [-0.15, -0.1) is 0 Å². The fraction of sp³-hybridized carbons (Fsp3) is 0.241. The van der Waals surface area contributed by atoms with Crippen molar-refractivity contribution in [1.82, 2.24) is 4.98 Å². The van der Waals surface area contributed by atoms with Gasteiger partial charge in [-0.25, -0.2) is 0 Å². The molecule has 0 aliphatic heterocycles. The van der Waals surface area contributed by atoms with E-state index in [1.807, 2.05) is 30.3 Å². The number of para-hydroxylation sites is 1. The molecule has 0 saturated carbocycles. The number of methoxy groups -OCH3 is 2. The quantitative estimate of drug-likeness (QED) is 0.117. The van der Waals surface area contributed by atoms with E-state index in [2.05, 4.69) is 33.8 Å². The molecule has 3 aromatic carbocycles. The van der Waals surface area contributed by atoms with Gasteiger partial charge in [0, 0.05) is 0 Å². The Bertz CT molecular complexity index is 1470. The predicted molar refractivity (Wildman–Crippen MR) is 160 cm³/mol. The van der Waals surface area contributed by atoms with Crippen molar-refractivity contribution < 1.29 is 14.2 Å². The normalized spacial score (nSPS) is 10.9. The third kappa shape index (κ3) is 7.42. The molecule has 0 bridgehead atoms. The van der Waals surface area contributed by atoms with E-state index in [1.165, 1.54) is 18.5 Å². The number of nitrogens with one attached hydrogen (secondary N) is 2. The van der Waals surface area contributed by atoms with Crippen LogP contribution in [0.25, 0.3) is 10.9 Å². The summed E-state index contributed by atoms with van der Waals surface area (Å²) >= 11 is 12.9. The third-order valence-electron chi connectivity index (χ3n) is 5.87. The van der Waals surface area contributed by atoms with Crippen molar-refractivity contribution in [2.24, 2.45) is 0 Å². The zero-order valence-electron chi connectivity index (χ0n) is 21.6. The minimum absolute atomic E-state index is 0.255. The second-order valence-corrected chi connectivity index (χ2v) is 12.1. The molecule has 0 amide bonds. The number of ether oxygens (including phenoxy) is 3. The van der Waals surface area contributed by atoms with Crippen LogP contribution in [0.4, 0.5) is 17.1 Å². The Morgan fingerprint density at radius 2 is 1.74 bits per heavy atom. The first-order chi connectivity index (χ1) is 19.0. The van der Waals surface area contributed by atoms with Crippen LogP contribution in [0.1, 0.15) is 12.0 Å². The Morgan fingerprint density at radius 1 is 0.949 bits per heavy atom. The molecular formula is C29H28AsCl2N4O3. The Labute approximate surface area is 245 Å². The molecule has 39 heavy (non-hydrogen) atoms. The van der Waals surface area contributed by atoms with Crippen LogP contribution in [0.3, 0.4) is 0 Å². The van der Waals surface area contributed by atoms with Crippen LogP contribution in [-0.4, -0.2) is 48.1 Å².